The molecule has 0 radical (unpaired) electrons. The second-order valence-corrected chi connectivity index (χ2v) is 4.58. The molecule has 0 bridgehead atoms. The van der Waals surface area contributed by atoms with Crippen molar-refractivity contribution in [3.05, 3.63) is 36.2 Å². The maximum absolute atomic E-state index is 9.82. The summed E-state index contributed by atoms with van der Waals surface area (Å²) >= 11 is 1.47. The van der Waals surface area contributed by atoms with E-state index in [1.807, 2.05) is 18.2 Å². The van der Waals surface area contributed by atoms with Crippen LogP contribution in [-0.2, 0) is 0 Å². The summed E-state index contributed by atoms with van der Waals surface area (Å²) in [7, 11) is 1.60. The summed E-state index contributed by atoms with van der Waals surface area (Å²) < 4.78 is 5.26. The Balaban J connectivity index is 2.39. The van der Waals surface area contributed by atoms with Crippen molar-refractivity contribution in [2.75, 3.05) is 7.11 Å². The number of hydrogen-bond donors (Lipinski definition) is 2. The molecule has 17 heavy (non-hydrogen) atoms. The van der Waals surface area contributed by atoms with Crippen LogP contribution in [0.25, 0.3) is 0 Å². The van der Waals surface area contributed by atoms with Crippen molar-refractivity contribution in [3.63, 3.8) is 0 Å². The van der Waals surface area contributed by atoms with Crippen LogP contribution in [0.3, 0.4) is 0 Å². The number of aromatic nitrogens is 2. The van der Waals surface area contributed by atoms with E-state index in [0.29, 0.717) is 5.75 Å². The average molecular weight is 250 g/mol. The Hall–Kier alpha value is -1.46. The molecule has 0 spiro atoms. The normalized spacial score (nSPS) is 12.4. The first-order valence-corrected chi connectivity index (χ1v) is 6.06. The first-order valence-electron chi connectivity index (χ1n) is 5.24. The summed E-state index contributed by atoms with van der Waals surface area (Å²) in [4.78, 5) is 8.11. The lowest BCUT2D eigenvalue weighted by Gasteiger charge is -2.14. The summed E-state index contributed by atoms with van der Waals surface area (Å²) in [6.45, 7) is 1.73. The molecule has 2 N–H and O–H groups in total. The Morgan fingerprint density at radius 3 is 2.88 bits per heavy atom. The first-order chi connectivity index (χ1) is 8.22. The summed E-state index contributed by atoms with van der Waals surface area (Å²) in [5.74, 6) is 0.691. The van der Waals surface area contributed by atoms with Crippen molar-refractivity contribution in [2.24, 2.45) is 0 Å². The van der Waals surface area contributed by atoms with E-state index in [0.717, 1.165) is 15.6 Å². The lowest BCUT2D eigenvalue weighted by Crippen LogP contribution is -1.98. The van der Waals surface area contributed by atoms with E-state index in [1.165, 1.54) is 11.8 Å². The molecule has 2 rings (SSSR count). The molecule has 1 aromatic heterocycles. The minimum atomic E-state index is -0.580. The molecule has 0 aliphatic carbocycles. The number of nitrogens with one attached hydrogen (secondary N) is 1. The van der Waals surface area contributed by atoms with E-state index in [2.05, 4.69) is 9.97 Å². The third kappa shape index (κ3) is 2.62. The van der Waals surface area contributed by atoms with E-state index in [4.69, 9.17) is 4.74 Å². The summed E-state index contributed by atoms with van der Waals surface area (Å²) in [6, 6.07) is 5.68. The van der Waals surface area contributed by atoms with Gasteiger partial charge in [-0.1, -0.05) is 17.8 Å². The number of hydrogen-bond acceptors (Lipinski definition) is 4. The second-order valence-electron chi connectivity index (χ2n) is 3.54. The fourth-order valence-corrected chi connectivity index (χ4v) is 2.59. The van der Waals surface area contributed by atoms with E-state index in [-0.39, 0.29) is 0 Å². The van der Waals surface area contributed by atoms with Gasteiger partial charge in [-0.3, -0.25) is 0 Å². The van der Waals surface area contributed by atoms with E-state index in [9.17, 15) is 5.11 Å². The van der Waals surface area contributed by atoms with Crippen LogP contribution in [0.4, 0.5) is 0 Å². The third-order valence-electron chi connectivity index (χ3n) is 2.34. The van der Waals surface area contributed by atoms with Crippen LogP contribution < -0.4 is 4.74 Å². The predicted octanol–water partition coefficient (Wildman–Crippen LogP) is 2.62. The quantitative estimate of drug-likeness (QED) is 0.875. The second kappa shape index (κ2) is 5.25. The van der Waals surface area contributed by atoms with Crippen LogP contribution in [0, 0.1) is 0 Å². The van der Waals surface area contributed by atoms with Crippen molar-refractivity contribution in [1.82, 2.24) is 9.97 Å². The average Bonchev–Trinajstić information content (AvgIpc) is 2.81. The number of aliphatic hydroxyl groups is 1. The molecule has 0 saturated carbocycles. The SMILES string of the molecule is COc1cccc(Sc2ncc[nH]2)c1C(C)O. The smallest absolute Gasteiger partial charge is 0.170 e. The van der Waals surface area contributed by atoms with Crippen LogP contribution in [0.5, 0.6) is 5.75 Å². The van der Waals surface area contributed by atoms with Gasteiger partial charge in [-0.25, -0.2) is 4.98 Å². The van der Waals surface area contributed by atoms with Gasteiger partial charge in [0.05, 0.1) is 13.2 Å². The fraction of sp³-hybridized carbons (Fsp3) is 0.250. The molecule has 0 aliphatic rings. The third-order valence-corrected chi connectivity index (χ3v) is 3.34. The molecule has 1 heterocycles. The van der Waals surface area contributed by atoms with Crippen LogP contribution in [0.1, 0.15) is 18.6 Å². The molecular formula is C12H14N2O2S. The van der Waals surface area contributed by atoms with Gasteiger partial charge in [0.15, 0.2) is 5.16 Å². The summed E-state index contributed by atoms with van der Waals surface area (Å²) in [6.07, 6.45) is 2.89. The molecule has 5 heteroatoms. The Labute approximate surface area is 104 Å². The number of aliphatic hydroxyl groups excluding tert-OH is 1. The Kier molecular flexibility index (Phi) is 3.71. The zero-order valence-electron chi connectivity index (χ0n) is 9.68. The Bertz CT molecular complexity index is 483. The van der Waals surface area contributed by atoms with Gasteiger partial charge in [0, 0.05) is 22.9 Å². The highest BCUT2D eigenvalue weighted by atomic mass is 32.2. The summed E-state index contributed by atoms with van der Waals surface area (Å²) in [5.41, 5.74) is 0.788. The molecule has 1 aromatic carbocycles. The highest BCUT2D eigenvalue weighted by Gasteiger charge is 2.15. The molecule has 0 aliphatic heterocycles. The topological polar surface area (TPSA) is 58.1 Å². The molecule has 4 nitrogen and oxygen atoms in total. The van der Waals surface area contributed by atoms with Crippen LogP contribution in [0.15, 0.2) is 40.6 Å². The predicted molar refractivity (Wildman–Crippen MR) is 66.3 cm³/mol. The lowest BCUT2D eigenvalue weighted by atomic mass is 10.1. The van der Waals surface area contributed by atoms with Gasteiger partial charge in [0.25, 0.3) is 0 Å². The van der Waals surface area contributed by atoms with Crippen molar-refractivity contribution in [2.45, 2.75) is 23.1 Å². The van der Waals surface area contributed by atoms with Gasteiger partial charge in [-0.2, -0.15) is 0 Å². The van der Waals surface area contributed by atoms with Gasteiger partial charge in [-0.05, 0) is 19.1 Å². The molecule has 1 atom stereocenters. The zero-order chi connectivity index (χ0) is 12.3. The number of benzene rings is 1. The molecular weight excluding hydrogens is 236 g/mol. The van der Waals surface area contributed by atoms with E-state index < -0.39 is 6.10 Å². The van der Waals surface area contributed by atoms with Gasteiger partial charge >= 0.3 is 0 Å². The van der Waals surface area contributed by atoms with Crippen LogP contribution in [-0.4, -0.2) is 22.2 Å². The largest absolute Gasteiger partial charge is 0.496 e. The van der Waals surface area contributed by atoms with Gasteiger partial charge < -0.3 is 14.8 Å². The standard InChI is InChI=1S/C12H14N2O2S/c1-8(15)11-9(16-2)4-3-5-10(11)17-12-13-6-7-14-12/h3-8,15H,1-2H3,(H,13,14). The first kappa shape index (κ1) is 12.0. The van der Waals surface area contributed by atoms with Gasteiger partial charge in [0.2, 0.25) is 0 Å². The monoisotopic (exact) mass is 250 g/mol. The minimum absolute atomic E-state index is 0.580. The van der Waals surface area contributed by atoms with Crippen LogP contribution in [0.2, 0.25) is 0 Å². The molecule has 1 unspecified atom stereocenters. The maximum atomic E-state index is 9.82. The van der Waals surface area contributed by atoms with Crippen molar-refractivity contribution < 1.29 is 9.84 Å². The highest BCUT2D eigenvalue weighted by molar-refractivity contribution is 7.99. The summed E-state index contributed by atoms with van der Waals surface area (Å²) in [5, 5.41) is 10.6. The van der Waals surface area contributed by atoms with Gasteiger partial charge in [0.1, 0.15) is 5.75 Å². The van der Waals surface area contributed by atoms with Crippen molar-refractivity contribution >= 4 is 11.8 Å². The number of rotatable bonds is 4. The number of aromatic amines is 1. The number of nitrogens with zero attached hydrogens (tertiary/aromatic N) is 1. The Morgan fingerprint density at radius 1 is 1.47 bits per heavy atom. The highest BCUT2D eigenvalue weighted by Crippen LogP contribution is 2.36. The Morgan fingerprint density at radius 2 is 2.29 bits per heavy atom. The minimum Gasteiger partial charge on any atom is -0.496 e. The molecule has 0 fully saturated rings. The molecule has 0 amide bonds. The number of ether oxygens (including phenoxy) is 1. The zero-order valence-corrected chi connectivity index (χ0v) is 10.5. The lowest BCUT2D eigenvalue weighted by molar-refractivity contribution is 0.191. The number of methoxy groups -OCH3 is 1. The van der Waals surface area contributed by atoms with Gasteiger partial charge in [-0.15, -0.1) is 0 Å². The van der Waals surface area contributed by atoms with Crippen LogP contribution >= 0.6 is 11.8 Å². The molecule has 90 valence electrons. The fourth-order valence-electron chi connectivity index (χ4n) is 1.61. The van der Waals surface area contributed by atoms with Crippen molar-refractivity contribution in [1.29, 1.82) is 0 Å². The molecule has 0 saturated heterocycles. The number of imidazole rings is 1. The van der Waals surface area contributed by atoms with Crippen molar-refractivity contribution in [3.8, 4) is 5.75 Å². The maximum Gasteiger partial charge on any atom is 0.170 e. The molecule has 2 aromatic rings. The number of H-pyrrole nitrogens is 1. The van der Waals surface area contributed by atoms with E-state index >= 15 is 0 Å². The van der Waals surface area contributed by atoms with E-state index in [1.54, 1.807) is 26.4 Å².